The second kappa shape index (κ2) is 18.5. The summed E-state index contributed by atoms with van der Waals surface area (Å²) in [5.74, 6) is -3.07. The lowest BCUT2D eigenvalue weighted by atomic mass is 10.0. The Kier molecular flexibility index (Phi) is 13.7. The standard InChI is InChI=1S/C35H45N11O5/c1-22(47)43-30(17-25-19-39-21-42-25)33(50)45-29(16-23-8-3-2-4-9-23)32(49)44-28(12-7-14-40-35(37)38)34(51)46(20-31(36)48)15-13-24-18-41-27-11-6-5-10-26(24)27/h2-6,8-11,18-19,21,28-30,41H,7,12-17,20H2,1H3,(H2,36,48)(H,39,42)(H,43,47)(H,44,49)(H,45,50)(H4,37,38,40)/t28-,29+,30-/m0/s1. The zero-order valence-electron chi connectivity index (χ0n) is 28.4. The Hall–Kier alpha value is -6.19. The number of hydrogen-bond acceptors (Lipinski definition) is 7. The van der Waals surface area contributed by atoms with Gasteiger partial charge in [0.2, 0.25) is 29.5 Å². The molecule has 4 aromatic rings. The summed E-state index contributed by atoms with van der Waals surface area (Å²) in [6, 6.07) is 13.5. The maximum atomic E-state index is 14.1. The number of aromatic nitrogens is 3. The highest BCUT2D eigenvalue weighted by Gasteiger charge is 2.32. The Bertz CT molecular complexity index is 1800. The van der Waals surface area contributed by atoms with Crippen molar-refractivity contribution in [3.8, 4) is 0 Å². The number of benzene rings is 2. The van der Waals surface area contributed by atoms with Gasteiger partial charge in [0.25, 0.3) is 0 Å². The van der Waals surface area contributed by atoms with E-state index < -0.39 is 47.7 Å². The first-order valence-electron chi connectivity index (χ1n) is 16.6. The highest BCUT2D eigenvalue weighted by Crippen LogP contribution is 2.19. The molecule has 270 valence electrons. The van der Waals surface area contributed by atoms with E-state index in [1.165, 1.54) is 24.3 Å². The van der Waals surface area contributed by atoms with Gasteiger partial charge < -0.3 is 48.0 Å². The fourth-order valence-corrected chi connectivity index (χ4v) is 5.71. The van der Waals surface area contributed by atoms with Crippen molar-refractivity contribution in [3.63, 3.8) is 0 Å². The van der Waals surface area contributed by atoms with Gasteiger partial charge in [-0.1, -0.05) is 48.5 Å². The van der Waals surface area contributed by atoms with Crippen LogP contribution in [-0.2, 0) is 43.2 Å². The zero-order valence-corrected chi connectivity index (χ0v) is 28.4. The Morgan fingerprint density at radius 2 is 1.55 bits per heavy atom. The van der Waals surface area contributed by atoms with E-state index in [4.69, 9.17) is 17.2 Å². The third-order valence-corrected chi connectivity index (χ3v) is 8.13. The SMILES string of the molecule is CC(=O)N[C@@H](Cc1cnc[nH]1)C(=O)N[C@H](Cc1ccccc1)C(=O)N[C@@H](CCCN=C(N)N)C(=O)N(CCc1c[nH]c2ccccc12)CC(N)=O. The molecule has 0 saturated heterocycles. The Balaban J connectivity index is 1.58. The molecule has 3 atom stereocenters. The molecule has 2 aromatic carbocycles. The van der Waals surface area contributed by atoms with Crippen molar-refractivity contribution in [1.82, 2.24) is 35.8 Å². The van der Waals surface area contributed by atoms with Gasteiger partial charge in [-0.15, -0.1) is 0 Å². The first-order chi connectivity index (χ1) is 24.5. The van der Waals surface area contributed by atoms with E-state index in [1.54, 1.807) is 24.3 Å². The summed E-state index contributed by atoms with van der Waals surface area (Å²) < 4.78 is 0. The van der Waals surface area contributed by atoms with E-state index in [2.05, 4.69) is 35.9 Å². The third-order valence-electron chi connectivity index (χ3n) is 8.13. The average molecular weight is 700 g/mol. The fourth-order valence-electron chi connectivity index (χ4n) is 5.71. The number of primary amides is 1. The number of imidazole rings is 1. The van der Waals surface area contributed by atoms with Crippen LogP contribution in [0.5, 0.6) is 0 Å². The normalized spacial score (nSPS) is 12.6. The molecule has 0 aliphatic carbocycles. The minimum absolute atomic E-state index is 0.0791. The van der Waals surface area contributed by atoms with Gasteiger partial charge in [0.1, 0.15) is 18.1 Å². The van der Waals surface area contributed by atoms with Crippen molar-refractivity contribution in [3.05, 3.63) is 90.1 Å². The monoisotopic (exact) mass is 699 g/mol. The molecular formula is C35H45N11O5. The summed E-state index contributed by atoms with van der Waals surface area (Å²) in [5.41, 5.74) is 19.8. The quantitative estimate of drug-likeness (QED) is 0.0367. The van der Waals surface area contributed by atoms with Crippen LogP contribution >= 0.6 is 0 Å². The van der Waals surface area contributed by atoms with Crippen molar-refractivity contribution >= 4 is 46.4 Å². The van der Waals surface area contributed by atoms with Crippen LogP contribution in [0.1, 0.15) is 36.6 Å². The Morgan fingerprint density at radius 1 is 0.863 bits per heavy atom. The third kappa shape index (κ3) is 11.7. The minimum Gasteiger partial charge on any atom is -0.370 e. The first kappa shape index (κ1) is 37.6. The van der Waals surface area contributed by atoms with E-state index in [1.807, 2.05) is 36.5 Å². The molecule has 51 heavy (non-hydrogen) atoms. The first-order valence-corrected chi connectivity index (χ1v) is 16.6. The van der Waals surface area contributed by atoms with Crippen molar-refractivity contribution in [2.45, 2.75) is 57.2 Å². The molecule has 0 aliphatic heterocycles. The van der Waals surface area contributed by atoms with E-state index >= 15 is 0 Å². The second-order valence-corrected chi connectivity index (χ2v) is 12.1. The average Bonchev–Trinajstić information content (AvgIpc) is 3.77. The van der Waals surface area contributed by atoms with E-state index in [9.17, 15) is 24.0 Å². The van der Waals surface area contributed by atoms with Crippen LogP contribution in [0.4, 0.5) is 0 Å². The van der Waals surface area contributed by atoms with Crippen LogP contribution in [0, 0.1) is 0 Å². The van der Waals surface area contributed by atoms with E-state index in [0.29, 0.717) is 18.5 Å². The lowest BCUT2D eigenvalue weighted by Crippen LogP contribution is -2.58. The van der Waals surface area contributed by atoms with Gasteiger partial charge in [0.05, 0.1) is 12.9 Å². The summed E-state index contributed by atoms with van der Waals surface area (Å²) in [5, 5.41) is 9.20. The molecule has 4 rings (SSSR count). The lowest BCUT2D eigenvalue weighted by molar-refractivity contribution is -0.139. The molecule has 11 N–H and O–H groups in total. The molecule has 2 heterocycles. The number of fused-ring (bicyclic) bond motifs is 1. The minimum atomic E-state index is -1.15. The van der Waals surface area contributed by atoms with Crippen LogP contribution < -0.4 is 33.2 Å². The molecule has 5 amide bonds. The van der Waals surface area contributed by atoms with Crippen LogP contribution in [-0.4, -0.2) is 93.1 Å². The fraction of sp³-hybridized carbons (Fsp3) is 0.343. The van der Waals surface area contributed by atoms with Gasteiger partial charge in [-0.3, -0.25) is 29.0 Å². The largest absolute Gasteiger partial charge is 0.370 e. The van der Waals surface area contributed by atoms with Crippen LogP contribution in [0.2, 0.25) is 0 Å². The number of rotatable bonds is 19. The number of carbonyl (C=O) groups excluding carboxylic acids is 5. The summed E-state index contributed by atoms with van der Waals surface area (Å²) in [6.07, 6.45) is 5.84. The molecule has 0 aliphatic rings. The van der Waals surface area contributed by atoms with Crippen LogP contribution in [0.25, 0.3) is 10.9 Å². The number of nitrogens with zero attached hydrogens (tertiary/aromatic N) is 3. The van der Waals surface area contributed by atoms with Gasteiger partial charge in [0, 0.05) is 61.8 Å². The molecular weight excluding hydrogens is 654 g/mol. The summed E-state index contributed by atoms with van der Waals surface area (Å²) in [4.78, 5) is 81.4. The van der Waals surface area contributed by atoms with Crippen LogP contribution in [0.3, 0.4) is 0 Å². The predicted molar refractivity (Wildman–Crippen MR) is 192 cm³/mol. The van der Waals surface area contributed by atoms with E-state index in [0.717, 1.165) is 22.0 Å². The summed E-state index contributed by atoms with van der Waals surface area (Å²) in [6.45, 7) is 1.23. The van der Waals surface area contributed by atoms with Crippen molar-refractivity contribution in [1.29, 1.82) is 0 Å². The summed E-state index contributed by atoms with van der Waals surface area (Å²) >= 11 is 0. The summed E-state index contributed by atoms with van der Waals surface area (Å²) in [7, 11) is 0. The van der Waals surface area contributed by atoms with Crippen molar-refractivity contribution in [2.75, 3.05) is 19.6 Å². The van der Waals surface area contributed by atoms with Gasteiger partial charge in [-0.05, 0) is 36.5 Å². The zero-order chi connectivity index (χ0) is 36.8. The highest BCUT2D eigenvalue weighted by atomic mass is 16.2. The van der Waals surface area contributed by atoms with E-state index in [-0.39, 0.29) is 44.9 Å². The smallest absolute Gasteiger partial charge is 0.245 e. The molecule has 0 unspecified atom stereocenters. The number of aromatic amines is 2. The maximum Gasteiger partial charge on any atom is 0.245 e. The molecule has 0 radical (unpaired) electrons. The molecule has 0 spiro atoms. The molecule has 16 heteroatoms. The van der Waals surface area contributed by atoms with Crippen LogP contribution in [0.15, 0.2) is 78.3 Å². The van der Waals surface area contributed by atoms with Gasteiger partial charge >= 0.3 is 0 Å². The molecule has 0 fully saturated rings. The molecule has 2 aromatic heterocycles. The number of para-hydroxylation sites is 1. The Labute approximate surface area is 295 Å². The number of hydrogen-bond donors (Lipinski definition) is 8. The van der Waals surface area contributed by atoms with Gasteiger partial charge in [-0.25, -0.2) is 4.98 Å². The Morgan fingerprint density at radius 3 is 2.22 bits per heavy atom. The number of guanidine groups is 1. The second-order valence-electron chi connectivity index (χ2n) is 12.1. The molecule has 0 saturated carbocycles. The van der Waals surface area contributed by atoms with Crippen molar-refractivity contribution in [2.24, 2.45) is 22.2 Å². The van der Waals surface area contributed by atoms with Crippen molar-refractivity contribution < 1.29 is 24.0 Å². The lowest BCUT2D eigenvalue weighted by Gasteiger charge is -2.29. The number of aliphatic imine (C=N–C) groups is 1. The highest BCUT2D eigenvalue weighted by molar-refractivity contribution is 5.95. The number of H-pyrrole nitrogens is 2. The number of carbonyl (C=O) groups is 5. The topological polar surface area (TPSA) is 260 Å². The molecule has 0 bridgehead atoms. The number of nitrogens with two attached hydrogens (primary N) is 3. The number of amides is 5. The van der Waals surface area contributed by atoms with Gasteiger partial charge in [0.15, 0.2) is 5.96 Å². The maximum absolute atomic E-state index is 14.1. The molecule has 16 nitrogen and oxygen atoms in total. The predicted octanol–water partition coefficient (Wildman–Crippen LogP) is -0.239. The van der Waals surface area contributed by atoms with Gasteiger partial charge in [-0.2, -0.15) is 0 Å². The number of nitrogens with one attached hydrogen (secondary N) is 5.